The molecule has 1 aromatic rings. The van der Waals surface area contributed by atoms with Crippen LogP contribution in [0.4, 0.5) is 0 Å². The fourth-order valence-corrected chi connectivity index (χ4v) is 3.92. The maximum atomic E-state index is 11.6. The van der Waals surface area contributed by atoms with Gasteiger partial charge in [-0.15, -0.1) is 10.2 Å². The molecular weight excluding hydrogens is 306 g/mol. The van der Waals surface area contributed by atoms with Crippen molar-refractivity contribution in [1.29, 1.82) is 0 Å². The Hall–Kier alpha value is -1.47. The van der Waals surface area contributed by atoms with E-state index in [9.17, 15) is 4.79 Å². The molecule has 7 nitrogen and oxygen atoms in total. The van der Waals surface area contributed by atoms with E-state index >= 15 is 0 Å². The van der Waals surface area contributed by atoms with E-state index in [0.29, 0.717) is 17.9 Å². The molecule has 0 aliphatic carbocycles. The van der Waals surface area contributed by atoms with Gasteiger partial charge in [0.1, 0.15) is 0 Å². The first-order chi connectivity index (χ1) is 11.6. The lowest BCUT2D eigenvalue weighted by atomic mass is 10.0. The van der Waals surface area contributed by atoms with Crippen molar-refractivity contribution in [2.24, 2.45) is 5.92 Å². The maximum absolute atomic E-state index is 11.6. The standard InChI is InChI=1S/C17H29N5O2/c1-4-16-18-19-17(24-16)12-20-10-13(2)15(11-20)22-7-5-6-21(8-9-22)14(3)23/h13,15H,4-12H2,1-3H3/t13-,15-/m1/s1. The van der Waals surface area contributed by atoms with Crippen LogP contribution in [0.15, 0.2) is 4.42 Å². The van der Waals surface area contributed by atoms with Crippen molar-refractivity contribution in [2.45, 2.75) is 46.2 Å². The molecule has 0 bridgehead atoms. The Labute approximate surface area is 144 Å². The molecule has 1 aromatic heterocycles. The van der Waals surface area contributed by atoms with Crippen molar-refractivity contribution < 1.29 is 9.21 Å². The molecule has 0 spiro atoms. The van der Waals surface area contributed by atoms with Gasteiger partial charge < -0.3 is 9.32 Å². The lowest BCUT2D eigenvalue weighted by Gasteiger charge is -2.30. The lowest BCUT2D eigenvalue weighted by molar-refractivity contribution is -0.128. The van der Waals surface area contributed by atoms with Gasteiger partial charge in [-0.05, 0) is 12.3 Å². The van der Waals surface area contributed by atoms with Gasteiger partial charge in [-0.2, -0.15) is 0 Å². The van der Waals surface area contributed by atoms with Crippen LogP contribution in [0.1, 0.15) is 39.0 Å². The highest BCUT2D eigenvalue weighted by molar-refractivity contribution is 5.73. The van der Waals surface area contributed by atoms with Crippen LogP contribution in [0.3, 0.4) is 0 Å². The Bertz CT molecular complexity index is 561. The molecule has 2 aliphatic heterocycles. The zero-order chi connectivity index (χ0) is 17.1. The average Bonchev–Trinajstić information content (AvgIpc) is 3.06. The number of amides is 1. The molecule has 3 rings (SSSR count). The molecule has 3 heterocycles. The molecule has 134 valence electrons. The molecular formula is C17H29N5O2. The fraction of sp³-hybridized carbons (Fsp3) is 0.824. The number of likely N-dealkylation sites (tertiary alicyclic amines) is 1. The minimum absolute atomic E-state index is 0.195. The van der Waals surface area contributed by atoms with Crippen LogP contribution in [-0.4, -0.2) is 76.1 Å². The summed E-state index contributed by atoms with van der Waals surface area (Å²) in [5.74, 6) is 2.24. The third-order valence-corrected chi connectivity index (χ3v) is 5.26. The quantitative estimate of drug-likeness (QED) is 0.818. The molecule has 2 saturated heterocycles. The van der Waals surface area contributed by atoms with Gasteiger partial charge >= 0.3 is 0 Å². The number of hydrogen-bond donors (Lipinski definition) is 0. The van der Waals surface area contributed by atoms with Crippen molar-refractivity contribution in [1.82, 2.24) is 24.9 Å². The Morgan fingerprint density at radius 1 is 1.17 bits per heavy atom. The van der Waals surface area contributed by atoms with Gasteiger partial charge in [0.25, 0.3) is 0 Å². The summed E-state index contributed by atoms with van der Waals surface area (Å²) in [5, 5.41) is 8.19. The van der Waals surface area contributed by atoms with Crippen LogP contribution >= 0.6 is 0 Å². The molecule has 0 N–H and O–H groups in total. The minimum Gasteiger partial charge on any atom is -0.424 e. The Kier molecular flexibility index (Phi) is 5.50. The number of nitrogens with zero attached hydrogens (tertiary/aromatic N) is 5. The fourth-order valence-electron chi connectivity index (χ4n) is 3.92. The summed E-state index contributed by atoms with van der Waals surface area (Å²) in [6.07, 6.45) is 1.85. The van der Waals surface area contributed by atoms with E-state index in [0.717, 1.165) is 64.5 Å². The Morgan fingerprint density at radius 2 is 1.96 bits per heavy atom. The number of carbonyl (C=O) groups excluding carboxylic acids is 1. The van der Waals surface area contributed by atoms with Crippen LogP contribution in [-0.2, 0) is 17.8 Å². The van der Waals surface area contributed by atoms with Crippen LogP contribution in [0.5, 0.6) is 0 Å². The molecule has 0 radical (unpaired) electrons. The molecule has 7 heteroatoms. The normalized spacial score (nSPS) is 26.7. The molecule has 2 atom stereocenters. The molecule has 2 fully saturated rings. The van der Waals surface area contributed by atoms with E-state index in [1.807, 2.05) is 11.8 Å². The first-order valence-corrected chi connectivity index (χ1v) is 9.10. The van der Waals surface area contributed by atoms with E-state index in [1.54, 1.807) is 6.92 Å². The first kappa shape index (κ1) is 17.4. The molecule has 0 saturated carbocycles. The summed E-state index contributed by atoms with van der Waals surface area (Å²) < 4.78 is 5.65. The highest BCUT2D eigenvalue weighted by atomic mass is 16.4. The smallest absolute Gasteiger partial charge is 0.230 e. The first-order valence-electron chi connectivity index (χ1n) is 9.10. The minimum atomic E-state index is 0.195. The molecule has 24 heavy (non-hydrogen) atoms. The zero-order valence-electron chi connectivity index (χ0n) is 15.1. The van der Waals surface area contributed by atoms with Gasteiger partial charge in [0.2, 0.25) is 17.7 Å². The van der Waals surface area contributed by atoms with Crippen molar-refractivity contribution >= 4 is 5.91 Å². The highest BCUT2D eigenvalue weighted by Gasteiger charge is 2.35. The van der Waals surface area contributed by atoms with Crippen LogP contribution in [0, 0.1) is 5.92 Å². The van der Waals surface area contributed by atoms with Crippen LogP contribution < -0.4 is 0 Å². The maximum Gasteiger partial charge on any atom is 0.230 e. The number of aromatic nitrogens is 2. The topological polar surface area (TPSA) is 65.7 Å². The van der Waals surface area contributed by atoms with E-state index in [1.165, 1.54) is 0 Å². The molecule has 0 unspecified atom stereocenters. The van der Waals surface area contributed by atoms with Gasteiger partial charge in [-0.1, -0.05) is 13.8 Å². The van der Waals surface area contributed by atoms with E-state index in [-0.39, 0.29) is 5.91 Å². The molecule has 0 aromatic carbocycles. The van der Waals surface area contributed by atoms with E-state index in [2.05, 4.69) is 26.9 Å². The second-order valence-corrected chi connectivity index (χ2v) is 7.08. The largest absolute Gasteiger partial charge is 0.424 e. The van der Waals surface area contributed by atoms with Gasteiger partial charge in [0.15, 0.2) is 0 Å². The average molecular weight is 335 g/mol. The second-order valence-electron chi connectivity index (χ2n) is 7.08. The van der Waals surface area contributed by atoms with Gasteiger partial charge in [0.05, 0.1) is 6.54 Å². The van der Waals surface area contributed by atoms with Crippen molar-refractivity contribution in [3.8, 4) is 0 Å². The lowest BCUT2D eigenvalue weighted by Crippen LogP contribution is -2.42. The Morgan fingerprint density at radius 3 is 2.67 bits per heavy atom. The second kappa shape index (κ2) is 7.61. The number of hydrogen-bond acceptors (Lipinski definition) is 6. The van der Waals surface area contributed by atoms with E-state index < -0.39 is 0 Å². The van der Waals surface area contributed by atoms with Crippen LogP contribution in [0.25, 0.3) is 0 Å². The summed E-state index contributed by atoms with van der Waals surface area (Å²) in [6, 6.07) is 0.547. The molecule has 2 aliphatic rings. The SMILES string of the molecule is CCc1nnc(CN2C[C@@H](C)[C@H](N3CCCN(C(C)=O)CC3)C2)o1. The zero-order valence-corrected chi connectivity index (χ0v) is 15.1. The third kappa shape index (κ3) is 3.95. The summed E-state index contributed by atoms with van der Waals surface area (Å²) >= 11 is 0. The molecule has 1 amide bonds. The van der Waals surface area contributed by atoms with Crippen molar-refractivity contribution in [3.05, 3.63) is 11.8 Å². The number of carbonyl (C=O) groups is 1. The van der Waals surface area contributed by atoms with Gasteiger partial charge in [-0.3, -0.25) is 14.6 Å². The van der Waals surface area contributed by atoms with Crippen LogP contribution in [0.2, 0.25) is 0 Å². The highest BCUT2D eigenvalue weighted by Crippen LogP contribution is 2.24. The number of aryl methyl sites for hydroxylation is 1. The monoisotopic (exact) mass is 335 g/mol. The predicted octanol–water partition coefficient (Wildman–Crippen LogP) is 1.01. The predicted molar refractivity (Wildman–Crippen MR) is 90.3 cm³/mol. The number of rotatable bonds is 4. The summed E-state index contributed by atoms with van der Waals surface area (Å²) in [4.78, 5) is 18.6. The Balaban J connectivity index is 1.56. The van der Waals surface area contributed by atoms with Crippen molar-refractivity contribution in [2.75, 3.05) is 39.3 Å². The van der Waals surface area contributed by atoms with Gasteiger partial charge in [0, 0.05) is 58.7 Å². The van der Waals surface area contributed by atoms with E-state index in [4.69, 9.17) is 4.42 Å². The summed E-state index contributed by atoms with van der Waals surface area (Å²) in [5.41, 5.74) is 0. The summed E-state index contributed by atoms with van der Waals surface area (Å²) in [7, 11) is 0. The third-order valence-electron chi connectivity index (χ3n) is 5.26. The van der Waals surface area contributed by atoms with Crippen molar-refractivity contribution in [3.63, 3.8) is 0 Å². The summed E-state index contributed by atoms with van der Waals surface area (Å²) in [6.45, 7) is 12.6. The van der Waals surface area contributed by atoms with Gasteiger partial charge in [-0.25, -0.2) is 0 Å².